The molecule has 100 valence electrons. The predicted molar refractivity (Wildman–Crippen MR) is 89.6 cm³/mol. The molecule has 3 aliphatic carbocycles. The minimum absolute atomic E-state index is 0.438. The molecule has 0 aromatic heterocycles. The molecule has 1 atom stereocenters. The molecule has 0 aliphatic heterocycles. The van der Waals surface area contributed by atoms with Gasteiger partial charge in [-0.2, -0.15) is 0 Å². The van der Waals surface area contributed by atoms with Crippen LogP contribution in [0.25, 0.3) is 22.9 Å². The number of aryl methyl sites for hydroxylation is 2. The second-order valence-corrected chi connectivity index (χ2v) is 6.34. The van der Waals surface area contributed by atoms with Crippen molar-refractivity contribution in [2.24, 2.45) is 0 Å². The molecule has 0 saturated carbocycles. The van der Waals surface area contributed by atoms with Gasteiger partial charge in [-0.25, -0.2) is 0 Å². The van der Waals surface area contributed by atoms with Crippen LogP contribution in [0.5, 0.6) is 0 Å². The zero-order chi connectivity index (χ0) is 14.1. The van der Waals surface area contributed by atoms with E-state index in [4.69, 9.17) is 0 Å². The Kier molecular flexibility index (Phi) is 1.97. The normalized spacial score (nSPS) is 20.6. The van der Waals surface area contributed by atoms with E-state index in [2.05, 4.69) is 68.5 Å². The fraction of sp³-hybridized carbons (Fsp3) is 0.143. The smallest absolute Gasteiger partial charge is 0.0352 e. The quantitative estimate of drug-likeness (QED) is 0.685. The van der Waals surface area contributed by atoms with Crippen LogP contribution in [0.2, 0.25) is 0 Å². The van der Waals surface area contributed by atoms with Crippen molar-refractivity contribution in [2.45, 2.75) is 19.8 Å². The Balaban J connectivity index is 2.12. The van der Waals surface area contributed by atoms with E-state index in [0.717, 1.165) is 0 Å². The molecule has 1 unspecified atom stereocenters. The molecule has 0 nitrogen and oxygen atoms in total. The van der Waals surface area contributed by atoms with Crippen molar-refractivity contribution in [2.75, 3.05) is 0 Å². The lowest BCUT2D eigenvalue weighted by molar-refractivity contribution is 0.964. The first kappa shape index (κ1) is 11.3. The third-order valence-corrected chi connectivity index (χ3v) is 5.25. The molecule has 0 spiro atoms. The minimum atomic E-state index is 0.438. The highest BCUT2D eigenvalue weighted by Gasteiger charge is 2.28. The highest BCUT2D eigenvalue weighted by atomic mass is 14.3. The second kappa shape index (κ2) is 3.65. The largest absolute Gasteiger partial charge is 0.0617 e. The lowest BCUT2D eigenvalue weighted by atomic mass is 9.73. The van der Waals surface area contributed by atoms with Gasteiger partial charge in [-0.05, 0) is 62.9 Å². The molecule has 5 rings (SSSR count). The lowest BCUT2D eigenvalue weighted by Crippen LogP contribution is -2.27. The van der Waals surface area contributed by atoms with E-state index in [1.807, 2.05) is 0 Å². The van der Waals surface area contributed by atoms with Gasteiger partial charge >= 0.3 is 0 Å². The van der Waals surface area contributed by atoms with Crippen LogP contribution in [-0.2, 0) is 0 Å². The Morgan fingerprint density at radius 3 is 2.71 bits per heavy atom. The van der Waals surface area contributed by atoms with Crippen molar-refractivity contribution in [3.63, 3.8) is 0 Å². The molecule has 21 heavy (non-hydrogen) atoms. The Morgan fingerprint density at radius 1 is 0.905 bits per heavy atom. The molecule has 0 bridgehead atoms. The fourth-order valence-corrected chi connectivity index (χ4v) is 4.09. The molecule has 0 saturated heterocycles. The molecular formula is C21H16. The monoisotopic (exact) mass is 268 g/mol. The summed E-state index contributed by atoms with van der Waals surface area (Å²) in [4.78, 5) is 0. The molecule has 0 N–H and O–H groups in total. The fourth-order valence-electron chi connectivity index (χ4n) is 4.09. The number of hydrogen-bond acceptors (Lipinski definition) is 0. The van der Waals surface area contributed by atoms with Crippen LogP contribution in [0.3, 0.4) is 0 Å². The molecule has 0 heterocycles. The van der Waals surface area contributed by atoms with Crippen LogP contribution < -0.4 is 10.4 Å². The average molecular weight is 268 g/mol. The maximum atomic E-state index is 2.39. The van der Waals surface area contributed by atoms with Gasteiger partial charge in [-0.15, -0.1) is 0 Å². The van der Waals surface area contributed by atoms with Crippen LogP contribution in [0.15, 0.2) is 53.6 Å². The highest BCUT2D eigenvalue weighted by molar-refractivity contribution is 5.95. The Hall–Kier alpha value is -2.34. The van der Waals surface area contributed by atoms with Crippen LogP contribution in [0, 0.1) is 13.8 Å². The Morgan fingerprint density at radius 2 is 1.81 bits per heavy atom. The van der Waals surface area contributed by atoms with Gasteiger partial charge in [0.25, 0.3) is 0 Å². The summed E-state index contributed by atoms with van der Waals surface area (Å²) in [7, 11) is 0. The molecular weight excluding hydrogens is 252 g/mol. The van der Waals surface area contributed by atoms with Crippen molar-refractivity contribution in [3.8, 4) is 0 Å². The van der Waals surface area contributed by atoms with Crippen LogP contribution in [0.4, 0.5) is 0 Å². The lowest BCUT2D eigenvalue weighted by Gasteiger charge is -2.30. The first-order chi connectivity index (χ1) is 10.2. The third kappa shape index (κ3) is 1.30. The topological polar surface area (TPSA) is 0 Å². The van der Waals surface area contributed by atoms with E-state index in [-0.39, 0.29) is 0 Å². The standard InChI is InChI=1S/C21H16/c1-12-10-17-11-16-5-3-4-14-6-7-15-8-9-18(13(12)2)20(17)21(15)19(14)16/h3-11,19H,1-2H3. The van der Waals surface area contributed by atoms with E-state index < -0.39 is 0 Å². The summed E-state index contributed by atoms with van der Waals surface area (Å²) in [5, 5.41) is 5.66. The van der Waals surface area contributed by atoms with Crippen molar-refractivity contribution >= 4 is 22.9 Å². The van der Waals surface area contributed by atoms with E-state index >= 15 is 0 Å². The summed E-state index contributed by atoms with van der Waals surface area (Å²) in [5.41, 5.74) is 7.17. The molecule has 0 amide bonds. The maximum absolute atomic E-state index is 2.39. The van der Waals surface area contributed by atoms with Gasteiger partial charge in [-0.3, -0.25) is 0 Å². The zero-order valence-corrected chi connectivity index (χ0v) is 12.3. The van der Waals surface area contributed by atoms with Crippen molar-refractivity contribution < 1.29 is 0 Å². The summed E-state index contributed by atoms with van der Waals surface area (Å²) in [6.45, 7) is 4.47. The van der Waals surface area contributed by atoms with Crippen molar-refractivity contribution in [1.82, 2.24) is 0 Å². The third-order valence-electron chi connectivity index (χ3n) is 5.25. The maximum Gasteiger partial charge on any atom is 0.0352 e. The second-order valence-electron chi connectivity index (χ2n) is 6.34. The van der Waals surface area contributed by atoms with Crippen molar-refractivity contribution in [3.05, 3.63) is 80.8 Å². The molecule has 0 radical (unpaired) electrons. The van der Waals surface area contributed by atoms with E-state index in [0.29, 0.717) is 5.92 Å². The van der Waals surface area contributed by atoms with Gasteiger partial charge < -0.3 is 0 Å². The van der Waals surface area contributed by atoms with E-state index in [1.165, 1.54) is 49.0 Å². The van der Waals surface area contributed by atoms with Gasteiger partial charge in [0.1, 0.15) is 0 Å². The highest BCUT2D eigenvalue weighted by Crippen LogP contribution is 2.41. The summed E-state index contributed by atoms with van der Waals surface area (Å²) in [5.74, 6) is 0.438. The molecule has 0 heteroatoms. The first-order valence-electron chi connectivity index (χ1n) is 7.59. The number of rotatable bonds is 0. The van der Waals surface area contributed by atoms with Gasteiger partial charge in [-0.1, -0.05) is 54.7 Å². The molecule has 2 aromatic carbocycles. The average Bonchev–Trinajstić information content (AvgIpc) is 2.51. The predicted octanol–water partition coefficient (Wildman–Crippen LogP) is 3.55. The number of hydrogen-bond donors (Lipinski definition) is 0. The van der Waals surface area contributed by atoms with Gasteiger partial charge in [0.05, 0.1) is 0 Å². The first-order valence-corrected chi connectivity index (χ1v) is 7.59. The van der Waals surface area contributed by atoms with Crippen molar-refractivity contribution in [1.29, 1.82) is 0 Å². The minimum Gasteiger partial charge on any atom is -0.0617 e. The van der Waals surface area contributed by atoms with Crippen LogP contribution in [0.1, 0.15) is 22.6 Å². The SMILES string of the molecule is Cc1cc2c3c4c(ccc3c1C)=CC=C1C=CC=C(C=2)C14. The van der Waals surface area contributed by atoms with E-state index in [1.54, 1.807) is 0 Å². The van der Waals surface area contributed by atoms with Crippen LogP contribution >= 0.6 is 0 Å². The van der Waals surface area contributed by atoms with Gasteiger partial charge in [0, 0.05) is 5.92 Å². The Labute approximate surface area is 124 Å². The van der Waals surface area contributed by atoms with E-state index in [9.17, 15) is 0 Å². The Bertz CT molecular complexity index is 1040. The molecule has 2 aromatic rings. The number of allylic oxidation sites excluding steroid dienone is 6. The van der Waals surface area contributed by atoms with Gasteiger partial charge in [0.2, 0.25) is 0 Å². The summed E-state index contributed by atoms with van der Waals surface area (Å²) in [6.07, 6.45) is 13.7. The molecule has 0 fully saturated rings. The number of benzene rings is 2. The summed E-state index contributed by atoms with van der Waals surface area (Å²) in [6, 6.07) is 6.95. The summed E-state index contributed by atoms with van der Waals surface area (Å²) < 4.78 is 0. The van der Waals surface area contributed by atoms with Gasteiger partial charge in [0.15, 0.2) is 0 Å². The molecule has 3 aliphatic rings. The summed E-state index contributed by atoms with van der Waals surface area (Å²) >= 11 is 0. The van der Waals surface area contributed by atoms with Crippen LogP contribution in [-0.4, -0.2) is 0 Å². The zero-order valence-electron chi connectivity index (χ0n) is 12.3.